The molecule has 2 heterocycles. The summed E-state index contributed by atoms with van der Waals surface area (Å²) in [6, 6.07) is 15.8. The molecule has 4 rings (SSSR count). The maximum atomic E-state index is 11.3. The Kier molecular flexibility index (Phi) is 6.31. The predicted octanol–water partition coefficient (Wildman–Crippen LogP) is 4.13. The van der Waals surface area contributed by atoms with E-state index in [4.69, 9.17) is 11.0 Å². The summed E-state index contributed by atoms with van der Waals surface area (Å²) in [5.41, 5.74) is 9.46. The number of benzene rings is 2. The highest BCUT2D eigenvalue weighted by molar-refractivity contribution is 5.89. The number of hydrogen-bond donors (Lipinski definition) is 4. The lowest BCUT2D eigenvalue weighted by atomic mass is 10.1. The third-order valence-electron chi connectivity index (χ3n) is 4.93. The average molecular weight is 442 g/mol. The zero-order chi connectivity index (χ0) is 23.2. The first-order valence-corrected chi connectivity index (χ1v) is 10.4. The van der Waals surface area contributed by atoms with Gasteiger partial charge in [0.2, 0.25) is 11.9 Å². The molecule has 2 aromatic heterocycles. The van der Waals surface area contributed by atoms with Gasteiger partial charge in [0, 0.05) is 29.0 Å². The van der Waals surface area contributed by atoms with Crippen LogP contribution >= 0.6 is 0 Å². The number of carboxylic acids is 1. The van der Waals surface area contributed by atoms with Gasteiger partial charge in [0.05, 0.1) is 17.8 Å². The second-order valence-electron chi connectivity index (χ2n) is 7.40. The van der Waals surface area contributed by atoms with Gasteiger partial charge in [-0.3, -0.25) is 0 Å². The molecule has 0 bridgehead atoms. The summed E-state index contributed by atoms with van der Waals surface area (Å²) < 4.78 is 1.58. The lowest BCUT2D eigenvalue weighted by molar-refractivity contribution is 0.0697. The SMILES string of the molecule is N#CCCCCc1cnn2c(Nc3cccc(C(=O)O)c3)nc(Nc3cccc(N)c3)nc12. The molecule has 0 aliphatic rings. The zero-order valence-electron chi connectivity index (χ0n) is 17.7. The molecule has 0 amide bonds. The maximum absolute atomic E-state index is 11.3. The molecular weight excluding hydrogens is 420 g/mol. The summed E-state index contributed by atoms with van der Waals surface area (Å²) in [6.07, 6.45) is 4.58. The number of anilines is 5. The van der Waals surface area contributed by atoms with Crippen molar-refractivity contribution in [1.29, 1.82) is 5.26 Å². The molecule has 0 aliphatic carbocycles. The van der Waals surface area contributed by atoms with Crippen molar-refractivity contribution in [2.24, 2.45) is 0 Å². The van der Waals surface area contributed by atoms with Gasteiger partial charge in [0.15, 0.2) is 5.65 Å². The molecule has 0 fully saturated rings. The van der Waals surface area contributed by atoms with Gasteiger partial charge in [0.1, 0.15) is 0 Å². The number of unbranched alkanes of at least 4 members (excludes halogenated alkanes) is 2. The number of carbonyl (C=O) groups is 1. The van der Waals surface area contributed by atoms with Gasteiger partial charge in [-0.05, 0) is 55.7 Å². The molecule has 166 valence electrons. The lowest BCUT2D eigenvalue weighted by Gasteiger charge is -2.12. The molecule has 0 unspecified atom stereocenters. The molecule has 10 heteroatoms. The standard InChI is InChI=1S/C23H22N8O2/c24-11-3-1-2-6-16-14-26-31-20(16)29-22(27-19-10-5-8-17(25)13-19)30-23(31)28-18-9-4-7-15(12-18)21(32)33/h4-5,7-10,12-14H,1-3,6,25H2,(H,32,33)(H2,27,28,29,30). The summed E-state index contributed by atoms with van der Waals surface area (Å²) in [4.78, 5) is 20.5. The summed E-state index contributed by atoms with van der Waals surface area (Å²) in [5, 5.41) is 28.8. The van der Waals surface area contributed by atoms with E-state index >= 15 is 0 Å². The van der Waals surface area contributed by atoms with E-state index in [1.54, 1.807) is 35.0 Å². The fourth-order valence-electron chi connectivity index (χ4n) is 3.36. The van der Waals surface area contributed by atoms with Crippen molar-refractivity contribution in [2.75, 3.05) is 16.4 Å². The molecule has 33 heavy (non-hydrogen) atoms. The average Bonchev–Trinajstić information content (AvgIpc) is 3.20. The minimum absolute atomic E-state index is 0.155. The van der Waals surface area contributed by atoms with E-state index in [0.717, 1.165) is 24.1 Å². The molecule has 0 saturated carbocycles. The van der Waals surface area contributed by atoms with E-state index in [1.807, 2.05) is 12.1 Å². The maximum Gasteiger partial charge on any atom is 0.335 e. The summed E-state index contributed by atoms with van der Waals surface area (Å²) in [7, 11) is 0. The highest BCUT2D eigenvalue weighted by atomic mass is 16.4. The number of aromatic nitrogens is 4. The smallest absolute Gasteiger partial charge is 0.335 e. The number of nitrogens with zero attached hydrogens (tertiary/aromatic N) is 5. The third kappa shape index (κ3) is 5.16. The summed E-state index contributed by atoms with van der Waals surface area (Å²) in [6.45, 7) is 0. The molecular formula is C23H22N8O2. The van der Waals surface area contributed by atoms with Crippen molar-refractivity contribution in [3.63, 3.8) is 0 Å². The third-order valence-corrected chi connectivity index (χ3v) is 4.93. The summed E-state index contributed by atoms with van der Waals surface area (Å²) >= 11 is 0. The van der Waals surface area contributed by atoms with Crippen LogP contribution in [0.2, 0.25) is 0 Å². The number of rotatable bonds is 9. The van der Waals surface area contributed by atoms with E-state index in [-0.39, 0.29) is 5.56 Å². The predicted molar refractivity (Wildman–Crippen MR) is 125 cm³/mol. The fourth-order valence-corrected chi connectivity index (χ4v) is 3.36. The van der Waals surface area contributed by atoms with Gasteiger partial charge >= 0.3 is 5.97 Å². The monoisotopic (exact) mass is 442 g/mol. The van der Waals surface area contributed by atoms with E-state index in [9.17, 15) is 9.90 Å². The Morgan fingerprint density at radius 1 is 1.09 bits per heavy atom. The molecule has 0 spiro atoms. The minimum Gasteiger partial charge on any atom is -0.478 e. The molecule has 4 aromatic rings. The van der Waals surface area contributed by atoms with Crippen molar-refractivity contribution in [2.45, 2.75) is 25.7 Å². The van der Waals surface area contributed by atoms with Crippen molar-refractivity contribution in [1.82, 2.24) is 19.6 Å². The van der Waals surface area contributed by atoms with Gasteiger partial charge < -0.3 is 21.5 Å². The zero-order valence-corrected chi connectivity index (χ0v) is 17.7. The molecule has 0 atom stereocenters. The normalized spacial score (nSPS) is 10.6. The van der Waals surface area contributed by atoms with Crippen LogP contribution in [0.3, 0.4) is 0 Å². The molecule has 2 aromatic carbocycles. The second-order valence-corrected chi connectivity index (χ2v) is 7.40. The number of aryl methyl sites for hydroxylation is 1. The van der Waals surface area contributed by atoms with Crippen LogP contribution < -0.4 is 16.4 Å². The van der Waals surface area contributed by atoms with E-state index < -0.39 is 5.97 Å². The van der Waals surface area contributed by atoms with Crippen molar-refractivity contribution < 1.29 is 9.90 Å². The number of nitrogens with two attached hydrogens (primary N) is 1. The Morgan fingerprint density at radius 2 is 1.88 bits per heavy atom. The van der Waals surface area contributed by atoms with Crippen molar-refractivity contribution in [3.8, 4) is 6.07 Å². The molecule has 10 nitrogen and oxygen atoms in total. The number of fused-ring (bicyclic) bond motifs is 1. The molecule has 0 radical (unpaired) electrons. The van der Waals surface area contributed by atoms with Crippen LogP contribution in [0, 0.1) is 11.3 Å². The molecule has 0 aliphatic heterocycles. The first-order valence-electron chi connectivity index (χ1n) is 10.4. The lowest BCUT2D eigenvalue weighted by Crippen LogP contribution is -2.09. The largest absolute Gasteiger partial charge is 0.478 e. The Balaban J connectivity index is 1.71. The number of aromatic carboxylic acids is 1. The van der Waals surface area contributed by atoms with Crippen LogP contribution in [0.15, 0.2) is 54.7 Å². The number of nitrogen functional groups attached to an aromatic ring is 1. The molecule has 0 saturated heterocycles. The first kappa shape index (κ1) is 21.6. The highest BCUT2D eigenvalue weighted by Crippen LogP contribution is 2.23. The fraction of sp³-hybridized carbons (Fsp3) is 0.174. The van der Waals surface area contributed by atoms with Gasteiger partial charge in [0.25, 0.3) is 0 Å². The Bertz CT molecular complexity index is 1340. The Labute approximate surface area is 189 Å². The molecule has 5 N–H and O–H groups in total. The van der Waals surface area contributed by atoms with Crippen molar-refractivity contribution in [3.05, 3.63) is 65.9 Å². The van der Waals surface area contributed by atoms with Crippen molar-refractivity contribution >= 4 is 40.6 Å². The van der Waals surface area contributed by atoms with Gasteiger partial charge in [-0.15, -0.1) is 0 Å². The van der Waals surface area contributed by atoms with Crippen LogP contribution in [-0.4, -0.2) is 30.7 Å². The highest BCUT2D eigenvalue weighted by Gasteiger charge is 2.14. The van der Waals surface area contributed by atoms with Crippen LogP contribution in [0.25, 0.3) is 5.65 Å². The van der Waals surface area contributed by atoms with E-state index in [1.165, 1.54) is 12.1 Å². The minimum atomic E-state index is -1.02. The quantitative estimate of drug-likeness (QED) is 0.221. The topological polar surface area (TPSA) is 154 Å². The number of carboxylic acid groups (broad SMARTS) is 1. The van der Waals surface area contributed by atoms with Crippen LogP contribution in [0.1, 0.15) is 35.2 Å². The van der Waals surface area contributed by atoms with E-state index in [2.05, 4.69) is 31.8 Å². The number of hydrogen-bond acceptors (Lipinski definition) is 8. The Hall–Kier alpha value is -4.65. The van der Waals surface area contributed by atoms with E-state index in [0.29, 0.717) is 41.8 Å². The number of nitrogens with one attached hydrogen (secondary N) is 2. The van der Waals surface area contributed by atoms with Crippen LogP contribution in [0.4, 0.5) is 29.0 Å². The second kappa shape index (κ2) is 9.65. The van der Waals surface area contributed by atoms with Gasteiger partial charge in [-0.2, -0.15) is 24.8 Å². The van der Waals surface area contributed by atoms with Crippen LogP contribution in [-0.2, 0) is 6.42 Å². The Morgan fingerprint density at radius 3 is 2.64 bits per heavy atom. The van der Waals surface area contributed by atoms with Crippen LogP contribution in [0.5, 0.6) is 0 Å². The first-order chi connectivity index (χ1) is 16.0. The summed E-state index contributed by atoms with van der Waals surface area (Å²) in [5.74, 6) is -0.310. The number of nitriles is 1. The van der Waals surface area contributed by atoms with Gasteiger partial charge in [-0.25, -0.2) is 4.79 Å². The van der Waals surface area contributed by atoms with Gasteiger partial charge in [-0.1, -0.05) is 12.1 Å².